The van der Waals surface area contributed by atoms with Gasteiger partial charge in [0.2, 0.25) is 0 Å². The highest BCUT2D eigenvalue weighted by atomic mass is 16.8. The Hall–Kier alpha value is -4.25. The molecule has 28 heavy (non-hydrogen) atoms. The van der Waals surface area contributed by atoms with Gasteiger partial charge in [-0.2, -0.15) is 5.10 Å². The van der Waals surface area contributed by atoms with Crippen LogP contribution in [-0.2, 0) is 4.84 Å². The summed E-state index contributed by atoms with van der Waals surface area (Å²) in [4.78, 5) is 29.4. The predicted octanol–water partition coefficient (Wildman–Crippen LogP) is 3.39. The Morgan fingerprint density at radius 3 is 2.18 bits per heavy atom. The average molecular weight is 377 g/mol. The molecule has 0 atom stereocenters. The molecule has 3 rings (SSSR count). The van der Waals surface area contributed by atoms with Gasteiger partial charge in [0.25, 0.3) is 0 Å². The van der Waals surface area contributed by atoms with Crippen molar-refractivity contribution in [2.75, 3.05) is 6.54 Å². The molecule has 0 saturated heterocycles. The van der Waals surface area contributed by atoms with Crippen molar-refractivity contribution in [2.45, 2.75) is 0 Å². The summed E-state index contributed by atoms with van der Waals surface area (Å²) < 4.78 is 10.2. The van der Waals surface area contributed by atoms with Gasteiger partial charge in [-0.3, -0.25) is 9.94 Å². The van der Waals surface area contributed by atoms with E-state index in [2.05, 4.69) is 22.0 Å². The largest absolute Gasteiger partial charge is 0.539 e. The maximum atomic E-state index is 12.4. The van der Waals surface area contributed by atoms with Crippen molar-refractivity contribution in [3.05, 3.63) is 78.6 Å². The zero-order valence-electron chi connectivity index (χ0n) is 14.6. The van der Waals surface area contributed by atoms with Gasteiger partial charge in [0, 0.05) is 6.20 Å². The number of H-pyrrole nitrogens is 1. The van der Waals surface area contributed by atoms with Gasteiger partial charge in [-0.25, -0.2) is 9.59 Å². The predicted molar refractivity (Wildman–Crippen MR) is 98.2 cm³/mol. The first-order chi connectivity index (χ1) is 13.7. The second kappa shape index (κ2) is 9.45. The number of carbonyl (C=O) groups is 2. The molecule has 0 unspecified atom stereocenters. The van der Waals surface area contributed by atoms with Crippen LogP contribution in [0.3, 0.4) is 0 Å². The van der Waals surface area contributed by atoms with Gasteiger partial charge in [0.1, 0.15) is 23.7 Å². The number of ether oxygens (including phenoxy) is 2. The molecule has 1 amide bonds. The number of hydroxylamine groups is 2. The zero-order chi connectivity index (χ0) is 19.6. The fraction of sp³-hybridized carbons (Fsp3) is 0.0500. The second-order valence-electron chi connectivity index (χ2n) is 5.25. The molecule has 0 spiro atoms. The lowest BCUT2D eigenvalue weighted by atomic mass is 10.3. The Bertz CT molecular complexity index is 963. The van der Waals surface area contributed by atoms with Gasteiger partial charge in [-0.1, -0.05) is 42.3 Å². The Kier molecular flexibility index (Phi) is 6.26. The lowest BCUT2D eigenvalue weighted by molar-refractivity contribution is -0.0807. The Morgan fingerprint density at radius 1 is 0.929 bits per heavy atom. The van der Waals surface area contributed by atoms with Gasteiger partial charge in [-0.15, -0.1) is 5.06 Å². The van der Waals surface area contributed by atoms with Crippen LogP contribution in [0.15, 0.2) is 72.9 Å². The quantitative estimate of drug-likeness (QED) is 0.325. The Balaban J connectivity index is 1.67. The average Bonchev–Trinajstić information content (AvgIpc) is 3.22. The summed E-state index contributed by atoms with van der Waals surface area (Å²) in [5, 5.41) is 7.10. The number of nitrogens with zero attached hydrogens (tertiary/aromatic N) is 2. The highest BCUT2D eigenvalue weighted by molar-refractivity contribution is 5.72. The number of rotatable bonds is 3. The van der Waals surface area contributed by atoms with Gasteiger partial charge in [0.15, 0.2) is 0 Å². The molecule has 8 heteroatoms. The molecular weight excluding hydrogens is 362 g/mol. The number of nitrogens with one attached hydrogen (secondary N) is 1. The van der Waals surface area contributed by atoms with E-state index in [1.165, 1.54) is 0 Å². The fourth-order valence-electron chi connectivity index (χ4n) is 2.00. The van der Waals surface area contributed by atoms with Crippen LogP contribution >= 0.6 is 0 Å². The standard InChI is InChI=1S/C20H15N3O5/c24-19(26-17-9-3-1-4-10-17)23(15-7-8-16-13-14-21-22-16)28-20(25)27-18-11-5-2-6-12-18/h1-6,9-14H,15H2,(H,21,22). The number of aromatic amines is 1. The second-order valence-corrected chi connectivity index (χ2v) is 5.25. The smallest absolute Gasteiger partial charge is 0.408 e. The molecule has 0 radical (unpaired) electrons. The summed E-state index contributed by atoms with van der Waals surface area (Å²) in [6.07, 6.45) is -0.478. The van der Waals surface area contributed by atoms with Crippen molar-refractivity contribution in [2.24, 2.45) is 0 Å². The Labute approximate surface area is 160 Å². The topological polar surface area (TPSA) is 93.8 Å². The van der Waals surface area contributed by atoms with E-state index < -0.39 is 12.2 Å². The molecule has 0 fully saturated rings. The third kappa shape index (κ3) is 5.64. The van der Waals surface area contributed by atoms with Crippen molar-refractivity contribution in [1.82, 2.24) is 15.3 Å². The van der Waals surface area contributed by atoms with E-state index in [4.69, 9.17) is 14.3 Å². The minimum atomic E-state index is -1.10. The summed E-state index contributed by atoms with van der Waals surface area (Å²) in [5.74, 6) is 6.00. The maximum Gasteiger partial charge on any atom is 0.539 e. The van der Waals surface area contributed by atoms with Crippen molar-refractivity contribution in [3.63, 3.8) is 0 Å². The van der Waals surface area contributed by atoms with Crippen LogP contribution in [0.25, 0.3) is 0 Å². The number of amides is 1. The maximum absolute atomic E-state index is 12.4. The number of carbonyl (C=O) groups excluding carboxylic acids is 2. The molecule has 0 aliphatic carbocycles. The number of para-hydroxylation sites is 2. The lowest BCUT2D eigenvalue weighted by Crippen LogP contribution is -2.37. The molecule has 1 heterocycles. The third-order valence-electron chi connectivity index (χ3n) is 3.23. The van der Waals surface area contributed by atoms with Crippen LogP contribution in [0.2, 0.25) is 0 Å². The first-order valence-corrected chi connectivity index (χ1v) is 8.18. The molecule has 0 bridgehead atoms. The number of hydrogen-bond donors (Lipinski definition) is 1. The normalized spacial score (nSPS) is 9.57. The lowest BCUT2D eigenvalue weighted by Gasteiger charge is -2.17. The summed E-state index contributed by atoms with van der Waals surface area (Å²) in [6, 6.07) is 18.3. The molecule has 3 aromatic rings. The molecule has 0 aliphatic rings. The molecule has 0 aliphatic heterocycles. The summed E-state index contributed by atoms with van der Waals surface area (Å²) in [7, 11) is 0. The summed E-state index contributed by atoms with van der Waals surface area (Å²) in [5.41, 5.74) is 0.545. The highest BCUT2D eigenvalue weighted by Crippen LogP contribution is 2.12. The van der Waals surface area contributed by atoms with Crippen LogP contribution in [-0.4, -0.2) is 34.1 Å². The molecule has 1 aromatic heterocycles. The molecule has 2 aromatic carbocycles. The monoisotopic (exact) mass is 377 g/mol. The van der Waals surface area contributed by atoms with Crippen molar-refractivity contribution < 1.29 is 23.9 Å². The third-order valence-corrected chi connectivity index (χ3v) is 3.23. The van der Waals surface area contributed by atoms with Crippen LogP contribution in [0.1, 0.15) is 5.69 Å². The van der Waals surface area contributed by atoms with Crippen molar-refractivity contribution in [3.8, 4) is 23.3 Å². The van der Waals surface area contributed by atoms with Crippen molar-refractivity contribution in [1.29, 1.82) is 0 Å². The molecular formula is C20H15N3O5. The van der Waals surface area contributed by atoms with E-state index in [0.29, 0.717) is 16.5 Å². The van der Waals surface area contributed by atoms with Gasteiger partial charge < -0.3 is 9.47 Å². The van der Waals surface area contributed by atoms with E-state index in [1.54, 1.807) is 72.9 Å². The van der Waals surface area contributed by atoms with E-state index in [0.717, 1.165) is 0 Å². The van der Waals surface area contributed by atoms with Crippen LogP contribution in [0.5, 0.6) is 11.5 Å². The minimum absolute atomic E-state index is 0.241. The minimum Gasteiger partial charge on any atom is -0.408 e. The summed E-state index contributed by atoms with van der Waals surface area (Å²) >= 11 is 0. The first-order valence-electron chi connectivity index (χ1n) is 8.18. The number of aromatic nitrogens is 2. The van der Waals surface area contributed by atoms with Gasteiger partial charge in [0.05, 0.1) is 0 Å². The van der Waals surface area contributed by atoms with Gasteiger partial charge >= 0.3 is 12.2 Å². The highest BCUT2D eigenvalue weighted by Gasteiger charge is 2.21. The molecule has 140 valence electrons. The summed E-state index contributed by atoms with van der Waals surface area (Å²) in [6.45, 7) is -0.241. The van der Waals surface area contributed by atoms with Crippen molar-refractivity contribution >= 4 is 12.2 Å². The van der Waals surface area contributed by atoms with E-state index in [9.17, 15) is 9.59 Å². The number of benzene rings is 2. The van der Waals surface area contributed by atoms with Crippen LogP contribution in [0.4, 0.5) is 9.59 Å². The van der Waals surface area contributed by atoms with E-state index >= 15 is 0 Å². The van der Waals surface area contributed by atoms with E-state index in [-0.39, 0.29) is 12.3 Å². The zero-order valence-corrected chi connectivity index (χ0v) is 14.6. The Morgan fingerprint density at radius 2 is 1.57 bits per heavy atom. The van der Waals surface area contributed by atoms with Gasteiger partial charge in [-0.05, 0) is 36.3 Å². The number of hydrogen-bond acceptors (Lipinski definition) is 6. The first kappa shape index (κ1) is 18.5. The van der Waals surface area contributed by atoms with E-state index in [1.807, 2.05) is 0 Å². The molecule has 8 nitrogen and oxygen atoms in total. The van der Waals surface area contributed by atoms with Crippen LogP contribution in [0, 0.1) is 11.8 Å². The SMILES string of the molecule is O=C(Oc1ccccc1)ON(CC#Cc1ccn[nH]1)C(=O)Oc1ccccc1. The van der Waals surface area contributed by atoms with Crippen LogP contribution < -0.4 is 9.47 Å². The molecule has 0 saturated carbocycles. The fourth-order valence-corrected chi connectivity index (χ4v) is 2.00. The molecule has 1 N–H and O–H groups in total.